The molecule has 6 nitrogen and oxygen atoms in total. The zero-order valence-corrected chi connectivity index (χ0v) is 14.9. The highest BCUT2D eigenvalue weighted by molar-refractivity contribution is 5.96. The number of amides is 1. The number of hydrogen-bond donors (Lipinski definition) is 0. The number of para-hydroxylation sites is 1. The van der Waals surface area contributed by atoms with Crippen molar-refractivity contribution in [1.29, 1.82) is 0 Å². The van der Waals surface area contributed by atoms with E-state index >= 15 is 0 Å². The molecule has 0 aliphatic carbocycles. The average Bonchev–Trinajstić information content (AvgIpc) is 2.85. The highest BCUT2D eigenvalue weighted by Crippen LogP contribution is 2.26. The van der Waals surface area contributed by atoms with Gasteiger partial charge in [0.25, 0.3) is 5.91 Å². The minimum Gasteiger partial charge on any atom is -0.455 e. The third-order valence-electron chi connectivity index (χ3n) is 4.75. The van der Waals surface area contributed by atoms with Crippen LogP contribution in [0.1, 0.15) is 28.9 Å². The molecule has 2 heterocycles. The van der Waals surface area contributed by atoms with Gasteiger partial charge in [-0.1, -0.05) is 18.2 Å². The third kappa shape index (κ3) is 3.57. The molecular weight excluding hydrogens is 318 g/mol. The molecule has 1 aliphatic heterocycles. The topological polar surface area (TPSA) is 64.4 Å². The summed E-state index contributed by atoms with van der Waals surface area (Å²) in [5, 5.41) is 4.29. The van der Waals surface area contributed by atoms with Crippen LogP contribution in [0.2, 0.25) is 0 Å². The molecule has 0 N–H and O–H groups in total. The van der Waals surface area contributed by atoms with Crippen molar-refractivity contribution in [3.63, 3.8) is 0 Å². The lowest BCUT2D eigenvalue weighted by Gasteiger charge is -2.29. The van der Waals surface area contributed by atoms with Gasteiger partial charge in [0.05, 0.1) is 12.1 Å². The molecule has 1 aromatic heterocycles. The van der Waals surface area contributed by atoms with Gasteiger partial charge in [-0.3, -0.25) is 14.3 Å². The van der Waals surface area contributed by atoms with E-state index in [1.54, 1.807) is 9.58 Å². The maximum absolute atomic E-state index is 12.5. The molecule has 1 aliphatic rings. The smallest absolute Gasteiger partial charge is 0.310 e. The van der Waals surface area contributed by atoms with Crippen molar-refractivity contribution < 1.29 is 14.3 Å². The molecule has 3 rings (SSSR count). The first-order chi connectivity index (χ1) is 12.0. The van der Waals surface area contributed by atoms with E-state index in [0.29, 0.717) is 6.54 Å². The Balaban J connectivity index is 1.60. The fourth-order valence-corrected chi connectivity index (χ4v) is 3.28. The Morgan fingerprint density at radius 1 is 1.24 bits per heavy atom. The van der Waals surface area contributed by atoms with Crippen LogP contribution < -0.4 is 4.90 Å². The Hall–Kier alpha value is -2.63. The minimum atomic E-state index is -0.405. The highest BCUT2D eigenvalue weighted by Gasteiger charge is 2.23. The second-order valence-electron chi connectivity index (χ2n) is 6.39. The van der Waals surface area contributed by atoms with E-state index in [9.17, 15) is 9.59 Å². The molecule has 132 valence electrons. The predicted molar refractivity (Wildman–Crippen MR) is 94.5 cm³/mol. The van der Waals surface area contributed by atoms with E-state index in [1.807, 2.05) is 45.2 Å². The van der Waals surface area contributed by atoms with Crippen molar-refractivity contribution in [2.75, 3.05) is 18.1 Å². The first kappa shape index (κ1) is 17.2. The number of aryl methyl sites for hydroxylation is 3. The van der Waals surface area contributed by atoms with Crippen molar-refractivity contribution in [2.45, 2.75) is 33.1 Å². The molecule has 1 amide bonds. The highest BCUT2D eigenvalue weighted by atomic mass is 16.5. The van der Waals surface area contributed by atoms with Gasteiger partial charge in [-0.05, 0) is 38.3 Å². The maximum Gasteiger partial charge on any atom is 0.310 e. The van der Waals surface area contributed by atoms with Crippen LogP contribution in [-0.2, 0) is 34.2 Å². The van der Waals surface area contributed by atoms with Crippen LogP contribution in [0.5, 0.6) is 0 Å². The summed E-state index contributed by atoms with van der Waals surface area (Å²) >= 11 is 0. The van der Waals surface area contributed by atoms with Crippen molar-refractivity contribution in [3.8, 4) is 0 Å². The van der Waals surface area contributed by atoms with Gasteiger partial charge in [-0.2, -0.15) is 5.10 Å². The van der Waals surface area contributed by atoms with Crippen LogP contribution in [-0.4, -0.2) is 34.8 Å². The lowest BCUT2D eigenvalue weighted by Crippen LogP contribution is -2.38. The van der Waals surface area contributed by atoms with Gasteiger partial charge < -0.3 is 9.64 Å². The number of nitrogens with zero attached hydrogens (tertiary/aromatic N) is 3. The standard InChI is InChI=1S/C19H23N3O3/c1-13-16(14(2)21(3)20-13)11-19(24)25-12-18(23)22-10-6-8-15-7-4-5-9-17(15)22/h4-5,7,9H,6,8,10-12H2,1-3H3. The van der Waals surface area contributed by atoms with Gasteiger partial charge in [0.15, 0.2) is 6.61 Å². The molecule has 25 heavy (non-hydrogen) atoms. The number of ether oxygens (including phenoxy) is 1. The van der Waals surface area contributed by atoms with Crippen LogP contribution in [0.15, 0.2) is 24.3 Å². The van der Waals surface area contributed by atoms with Crippen molar-refractivity contribution in [2.24, 2.45) is 7.05 Å². The van der Waals surface area contributed by atoms with E-state index < -0.39 is 5.97 Å². The van der Waals surface area contributed by atoms with E-state index in [0.717, 1.165) is 41.0 Å². The predicted octanol–water partition coefficient (Wildman–Crippen LogP) is 2.10. The van der Waals surface area contributed by atoms with Crippen LogP contribution in [0.4, 0.5) is 5.69 Å². The van der Waals surface area contributed by atoms with Crippen LogP contribution >= 0.6 is 0 Å². The van der Waals surface area contributed by atoms with Crippen LogP contribution in [0, 0.1) is 13.8 Å². The first-order valence-corrected chi connectivity index (χ1v) is 8.50. The molecule has 0 atom stereocenters. The Morgan fingerprint density at radius 2 is 2.00 bits per heavy atom. The Kier molecular flexibility index (Phi) is 4.88. The molecule has 2 aromatic rings. The minimum absolute atomic E-state index is 0.134. The van der Waals surface area contributed by atoms with E-state index in [-0.39, 0.29) is 18.9 Å². The van der Waals surface area contributed by atoms with Crippen molar-refractivity contribution in [1.82, 2.24) is 9.78 Å². The molecule has 0 bridgehead atoms. The number of aromatic nitrogens is 2. The summed E-state index contributed by atoms with van der Waals surface area (Å²) < 4.78 is 6.97. The fourth-order valence-electron chi connectivity index (χ4n) is 3.28. The monoisotopic (exact) mass is 341 g/mol. The summed E-state index contributed by atoms with van der Waals surface area (Å²) in [4.78, 5) is 26.3. The zero-order chi connectivity index (χ0) is 18.0. The van der Waals surface area contributed by atoms with Gasteiger partial charge in [-0.25, -0.2) is 0 Å². The normalized spacial score (nSPS) is 13.5. The van der Waals surface area contributed by atoms with E-state index in [4.69, 9.17) is 4.74 Å². The summed E-state index contributed by atoms with van der Waals surface area (Å²) in [6.07, 6.45) is 2.03. The molecular formula is C19H23N3O3. The number of fused-ring (bicyclic) bond motifs is 1. The quantitative estimate of drug-likeness (QED) is 0.799. The molecule has 0 unspecified atom stereocenters. The molecule has 0 spiro atoms. The fraction of sp³-hybridized carbons (Fsp3) is 0.421. The lowest BCUT2D eigenvalue weighted by atomic mass is 10.0. The van der Waals surface area contributed by atoms with Crippen molar-refractivity contribution in [3.05, 3.63) is 46.8 Å². The van der Waals surface area contributed by atoms with E-state index in [2.05, 4.69) is 5.10 Å². The van der Waals surface area contributed by atoms with Gasteiger partial charge in [-0.15, -0.1) is 0 Å². The molecule has 0 fully saturated rings. The summed E-state index contributed by atoms with van der Waals surface area (Å²) in [6, 6.07) is 7.88. The van der Waals surface area contributed by atoms with Crippen molar-refractivity contribution >= 4 is 17.6 Å². The number of carbonyl (C=O) groups is 2. The van der Waals surface area contributed by atoms with Gasteiger partial charge in [0, 0.05) is 30.5 Å². The van der Waals surface area contributed by atoms with Crippen LogP contribution in [0.25, 0.3) is 0 Å². The third-order valence-corrected chi connectivity index (χ3v) is 4.75. The summed E-state index contributed by atoms with van der Waals surface area (Å²) in [5.41, 5.74) is 4.70. The Labute approximate surface area is 147 Å². The lowest BCUT2D eigenvalue weighted by molar-refractivity contribution is -0.147. The Bertz CT molecular complexity index is 810. The van der Waals surface area contributed by atoms with E-state index in [1.165, 1.54) is 0 Å². The zero-order valence-electron chi connectivity index (χ0n) is 14.9. The van der Waals surface area contributed by atoms with Crippen LogP contribution in [0.3, 0.4) is 0 Å². The number of benzene rings is 1. The number of hydrogen-bond acceptors (Lipinski definition) is 4. The number of carbonyl (C=O) groups excluding carboxylic acids is 2. The van der Waals surface area contributed by atoms with Gasteiger partial charge in [0.1, 0.15) is 0 Å². The summed E-state index contributed by atoms with van der Waals surface area (Å²) in [6.45, 7) is 4.21. The summed E-state index contributed by atoms with van der Waals surface area (Å²) in [7, 11) is 1.84. The SMILES string of the molecule is Cc1nn(C)c(C)c1CC(=O)OCC(=O)N1CCCc2ccccc21. The number of anilines is 1. The molecule has 0 saturated carbocycles. The first-order valence-electron chi connectivity index (χ1n) is 8.50. The molecule has 0 radical (unpaired) electrons. The average molecular weight is 341 g/mol. The van der Waals surface area contributed by atoms with Gasteiger partial charge in [0.2, 0.25) is 0 Å². The molecule has 1 aromatic carbocycles. The number of rotatable bonds is 4. The second kappa shape index (κ2) is 7.09. The molecule has 0 saturated heterocycles. The summed E-state index contributed by atoms with van der Waals surface area (Å²) in [5.74, 6) is -0.585. The van der Waals surface area contributed by atoms with Gasteiger partial charge >= 0.3 is 5.97 Å². The molecule has 6 heteroatoms. The maximum atomic E-state index is 12.5. The number of esters is 1. The largest absolute Gasteiger partial charge is 0.455 e. The second-order valence-corrected chi connectivity index (χ2v) is 6.39. The Morgan fingerprint density at radius 3 is 2.72 bits per heavy atom.